The van der Waals surface area contributed by atoms with Gasteiger partial charge in [-0.15, -0.1) is 0 Å². The Bertz CT molecular complexity index is 1210. The molecule has 1 aliphatic rings. The van der Waals surface area contributed by atoms with Gasteiger partial charge in [0.2, 0.25) is 11.9 Å². The van der Waals surface area contributed by atoms with Crippen LogP contribution in [0.15, 0.2) is 43.1 Å². The van der Waals surface area contributed by atoms with Crippen LogP contribution >= 0.6 is 23.2 Å². The molecule has 34 heavy (non-hydrogen) atoms. The molecular weight excluding hydrogens is 479 g/mol. The fourth-order valence-corrected chi connectivity index (χ4v) is 4.58. The number of halogens is 2. The molecule has 8 nitrogen and oxygen atoms in total. The first-order valence-corrected chi connectivity index (χ1v) is 11.3. The third-order valence-corrected chi connectivity index (χ3v) is 6.38. The van der Waals surface area contributed by atoms with Gasteiger partial charge in [-0.25, -0.2) is 9.97 Å². The number of nitrogens with zero attached hydrogens (tertiary/aromatic N) is 2. The van der Waals surface area contributed by atoms with E-state index in [2.05, 4.69) is 27.2 Å². The topological polar surface area (TPSA) is 94.6 Å². The Labute approximate surface area is 207 Å². The van der Waals surface area contributed by atoms with Gasteiger partial charge in [-0.05, 0) is 30.2 Å². The second-order valence-corrected chi connectivity index (χ2v) is 8.44. The fraction of sp³-hybridized carbons (Fsp3) is 0.292. The first-order valence-electron chi connectivity index (χ1n) is 10.6. The predicted octanol–water partition coefficient (Wildman–Crippen LogP) is 4.49. The minimum Gasteiger partial charge on any atom is -0.495 e. The van der Waals surface area contributed by atoms with Crippen LogP contribution in [0.5, 0.6) is 11.5 Å². The summed E-state index contributed by atoms with van der Waals surface area (Å²) in [5.74, 6) is 1.14. The number of carbonyl (C=O) groups excluding carboxylic acids is 1. The summed E-state index contributed by atoms with van der Waals surface area (Å²) in [5, 5.41) is 7.79. The van der Waals surface area contributed by atoms with Crippen LogP contribution in [0, 0.1) is 0 Å². The molecule has 0 saturated carbocycles. The van der Waals surface area contributed by atoms with Crippen LogP contribution in [0.1, 0.15) is 6.42 Å². The number of carbonyl (C=O) groups is 1. The molecule has 2 unspecified atom stereocenters. The van der Waals surface area contributed by atoms with Crippen LogP contribution in [-0.4, -0.2) is 55.4 Å². The van der Waals surface area contributed by atoms with E-state index in [0.717, 1.165) is 16.5 Å². The summed E-state index contributed by atoms with van der Waals surface area (Å²) in [7, 11) is 3.07. The van der Waals surface area contributed by atoms with E-state index in [1.807, 2.05) is 18.2 Å². The standard InChI is InChI=1S/C24H24Cl2N4O4/c1-4-20(31)28-17-12-34-8-7-16(17)30-24-27-11-14-9-13(5-6-15(14)29-24)21-22(25)18(32-2)10-19(33-3)23(21)26/h4-6,9-11,16-17H,1,7-8,12H2,2-3H3,(H,28,31)(H,27,29,30). The number of fused-ring (bicyclic) bond motifs is 1. The fourth-order valence-electron chi connectivity index (χ4n) is 3.86. The molecule has 0 radical (unpaired) electrons. The number of rotatable bonds is 7. The van der Waals surface area contributed by atoms with Gasteiger partial charge in [0.15, 0.2) is 0 Å². The number of aromatic nitrogens is 2. The lowest BCUT2D eigenvalue weighted by atomic mass is 10.0. The molecule has 1 aromatic heterocycles. The van der Waals surface area contributed by atoms with Crippen molar-refractivity contribution in [3.8, 4) is 22.6 Å². The zero-order valence-corrected chi connectivity index (χ0v) is 20.2. The minimum atomic E-state index is -0.249. The number of amides is 1. The molecule has 1 fully saturated rings. The lowest BCUT2D eigenvalue weighted by Crippen LogP contribution is -2.52. The third-order valence-electron chi connectivity index (χ3n) is 5.63. The molecule has 2 N–H and O–H groups in total. The van der Waals surface area contributed by atoms with E-state index in [0.29, 0.717) is 52.7 Å². The second kappa shape index (κ2) is 10.5. The number of ether oxygens (including phenoxy) is 3. The highest BCUT2D eigenvalue weighted by Gasteiger charge is 2.27. The average Bonchev–Trinajstić information content (AvgIpc) is 2.85. The first kappa shape index (κ1) is 24.1. The van der Waals surface area contributed by atoms with Gasteiger partial charge < -0.3 is 24.8 Å². The number of benzene rings is 2. The zero-order valence-electron chi connectivity index (χ0n) is 18.7. The van der Waals surface area contributed by atoms with Gasteiger partial charge in [-0.3, -0.25) is 4.79 Å². The van der Waals surface area contributed by atoms with Gasteiger partial charge in [0.1, 0.15) is 11.5 Å². The molecule has 1 aliphatic heterocycles. The van der Waals surface area contributed by atoms with E-state index in [1.165, 1.54) is 20.3 Å². The normalized spacial score (nSPS) is 17.8. The Morgan fingerprint density at radius 3 is 2.59 bits per heavy atom. The van der Waals surface area contributed by atoms with Crippen LogP contribution in [-0.2, 0) is 9.53 Å². The summed E-state index contributed by atoms with van der Waals surface area (Å²) >= 11 is 13.1. The highest BCUT2D eigenvalue weighted by molar-refractivity contribution is 6.41. The highest BCUT2D eigenvalue weighted by Crippen LogP contribution is 2.46. The van der Waals surface area contributed by atoms with E-state index in [4.69, 9.17) is 37.4 Å². The molecule has 0 bridgehead atoms. The Morgan fingerprint density at radius 1 is 1.18 bits per heavy atom. The van der Waals surface area contributed by atoms with E-state index in [1.54, 1.807) is 12.3 Å². The monoisotopic (exact) mass is 502 g/mol. The molecule has 2 atom stereocenters. The molecule has 1 saturated heterocycles. The SMILES string of the molecule is C=CC(=O)NC1COCCC1Nc1ncc2cc(-c3c(Cl)c(OC)cc(OC)c3Cl)ccc2n1. The van der Waals surface area contributed by atoms with Crippen molar-refractivity contribution < 1.29 is 19.0 Å². The van der Waals surface area contributed by atoms with Gasteiger partial charge in [0, 0.05) is 29.8 Å². The lowest BCUT2D eigenvalue weighted by molar-refractivity contribution is -0.118. The van der Waals surface area contributed by atoms with Crippen molar-refractivity contribution in [2.45, 2.75) is 18.5 Å². The number of methoxy groups -OCH3 is 2. The number of hydrogen-bond donors (Lipinski definition) is 2. The van der Waals surface area contributed by atoms with Crippen LogP contribution in [0.4, 0.5) is 5.95 Å². The maximum Gasteiger partial charge on any atom is 0.243 e. The van der Waals surface area contributed by atoms with Crippen molar-refractivity contribution in [1.29, 1.82) is 0 Å². The third kappa shape index (κ3) is 4.89. The molecule has 178 valence electrons. The Morgan fingerprint density at radius 2 is 1.91 bits per heavy atom. The van der Waals surface area contributed by atoms with Crippen LogP contribution in [0.25, 0.3) is 22.0 Å². The molecule has 4 rings (SSSR count). The summed E-state index contributed by atoms with van der Waals surface area (Å²) in [6.45, 7) is 4.49. The Hall–Kier alpha value is -3.07. The van der Waals surface area contributed by atoms with Gasteiger partial charge in [0.25, 0.3) is 0 Å². The van der Waals surface area contributed by atoms with Gasteiger partial charge in [-0.1, -0.05) is 35.8 Å². The number of nitrogens with one attached hydrogen (secondary N) is 2. The molecular formula is C24H24Cl2N4O4. The van der Waals surface area contributed by atoms with Crippen molar-refractivity contribution in [3.63, 3.8) is 0 Å². The van der Waals surface area contributed by atoms with E-state index in [-0.39, 0.29) is 18.0 Å². The number of anilines is 1. The summed E-state index contributed by atoms with van der Waals surface area (Å²) < 4.78 is 16.3. The van der Waals surface area contributed by atoms with E-state index < -0.39 is 0 Å². The van der Waals surface area contributed by atoms with Gasteiger partial charge >= 0.3 is 0 Å². The Balaban J connectivity index is 1.63. The summed E-state index contributed by atoms with van der Waals surface area (Å²) in [6.07, 6.45) is 3.67. The summed E-state index contributed by atoms with van der Waals surface area (Å²) in [4.78, 5) is 20.9. The molecule has 10 heteroatoms. The first-order chi connectivity index (χ1) is 16.4. The smallest absolute Gasteiger partial charge is 0.243 e. The summed E-state index contributed by atoms with van der Waals surface area (Å²) in [6, 6.07) is 7.03. The second-order valence-electron chi connectivity index (χ2n) is 7.68. The molecule has 0 aliphatic carbocycles. The summed E-state index contributed by atoms with van der Waals surface area (Å²) in [5.41, 5.74) is 2.12. The van der Waals surface area contributed by atoms with Gasteiger partial charge in [0.05, 0.1) is 48.5 Å². The maximum atomic E-state index is 11.8. The van der Waals surface area contributed by atoms with E-state index in [9.17, 15) is 4.79 Å². The minimum absolute atomic E-state index is 0.0729. The maximum absolute atomic E-state index is 11.8. The van der Waals surface area contributed by atoms with Crippen molar-refractivity contribution in [2.75, 3.05) is 32.8 Å². The van der Waals surface area contributed by atoms with Crippen LogP contribution in [0.3, 0.4) is 0 Å². The van der Waals surface area contributed by atoms with Crippen molar-refractivity contribution in [2.24, 2.45) is 0 Å². The van der Waals surface area contributed by atoms with E-state index >= 15 is 0 Å². The molecule has 0 spiro atoms. The highest BCUT2D eigenvalue weighted by atomic mass is 35.5. The molecule has 2 heterocycles. The quantitative estimate of drug-likeness (QED) is 0.459. The Kier molecular flexibility index (Phi) is 7.41. The average molecular weight is 503 g/mol. The lowest BCUT2D eigenvalue weighted by Gasteiger charge is -2.32. The zero-order chi connectivity index (χ0) is 24.2. The largest absolute Gasteiger partial charge is 0.495 e. The molecule has 3 aromatic rings. The number of hydrogen-bond acceptors (Lipinski definition) is 7. The van der Waals surface area contributed by atoms with Crippen molar-refractivity contribution in [1.82, 2.24) is 15.3 Å². The molecule has 2 aromatic carbocycles. The van der Waals surface area contributed by atoms with Crippen molar-refractivity contribution >= 4 is 46.0 Å². The van der Waals surface area contributed by atoms with Crippen molar-refractivity contribution in [3.05, 3.63) is 53.2 Å². The van der Waals surface area contributed by atoms with Crippen LogP contribution < -0.4 is 20.1 Å². The predicted molar refractivity (Wildman–Crippen MR) is 133 cm³/mol. The molecule has 1 amide bonds. The van der Waals surface area contributed by atoms with Gasteiger partial charge in [-0.2, -0.15) is 0 Å². The van der Waals surface area contributed by atoms with Crippen LogP contribution in [0.2, 0.25) is 10.0 Å².